The number of halogens is 1. The van der Waals surface area contributed by atoms with Crippen molar-refractivity contribution >= 4 is 31.9 Å². The van der Waals surface area contributed by atoms with E-state index >= 15 is 0 Å². The monoisotopic (exact) mass is 446 g/mol. The minimum absolute atomic E-state index is 0.138. The van der Waals surface area contributed by atoms with Crippen LogP contribution < -0.4 is 5.32 Å². The predicted molar refractivity (Wildman–Crippen MR) is 104 cm³/mol. The van der Waals surface area contributed by atoms with E-state index in [0.29, 0.717) is 6.61 Å². The Morgan fingerprint density at radius 2 is 1.88 bits per heavy atom. The largest absolute Gasteiger partial charge is 0.383 e. The molecule has 146 valence electrons. The highest BCUT2D eigenvalue weighted by molar-refractivity contribution is 9.10. The van der Waals surface area contributed by atoms with E-state index in [9.17, 15) is 13.2 Å². The molecule has 1 fully saturated rings. The average molecular weight is 447 g/mol. The minimum Gasteiger partial charge on any atom is -0.383 e. The van der Waals surface area contributed by atoms with Crippen molar-refractivity contribution in [2.75, 3.05) is 20.3 Å². The fourth-order valence-electron chi connectivity index (χ4n) is 3.27. The molecule has 8 heteroatoms. The van der Waals surface area contributed by atoms with E-state index in [4.69, 9.17) is 4.74 Å². The number of carbonyl (C=O) groups is 1. The minimum atomic E-state index is -3.74. The van der Waals surface area contributed by atoms with Crippen LogP contribution in [0.1, 0.15) is 39.0 Å². The molecule has 0 bridgehead atoms. The number of rotatable bonds is 8. The second-order valence-corrected chi connectivity index (χ2v) is 9.53. The van der Waals surface area contributed by atoms with Crippen molar-refractivity contribution in [3.05, 3.63) is 28.7 Å². The molecule has 26 heavy (non-hydrogen) atoms. The Morgan fingerprint density at radius 3 is 2.46 bits per heavy atom. The van der Waals surface area contributed by atoms with E-state index in [-0.39, 0.29) is 29.4 Å². The fourth-order valence-corrected chi connectivity index (χ4v) is 5.18. The Kier molecular flexibility index (Phi) is 8.06. The second kappa shape index (κ2) is 9.82. The maximum Gasteiger partial charge on any atom is 0.243 e. The molecule has 0 aliphatic heterocycles. The van der Waals surface area contributed by atoms with Gasteiger partial charge in [-0.1, -0.05) is 35.2 Å². The number of sulfonamides is 1. The first-order chi connectivity index (χ1) is 12.3. The molecule has 0 spiro atoms. The first-order valence-corrected chi connectivity index (χ1v) is 11.1. The van der Waals surface area contributed by atoms with Crippen molar-refractivity contribution in [1.82, 2.24) is 9.62 Å². The quantitative estimate of drug-likeness (QED) is 0.665. The van der Waals surface area contributed by atoms with Gasteiger partial charge in [0.25, 0.3) is 0 Å². The highest BCUT2D eigenvalue weighted by atomic mass is 79.9. The normalized spacial score (nSPS) is 17.2. The molecule has 1 aromatic rings. The topological polar surface area (TPSA) is 75.7 Å². The summed E-state index contributed by atoms with van der Waals surface area (Å²) in [7, 11) is -2.18. The molecule has 0 radical (unpaired) electrons. The molecule has 1 atom stereocenters. The molecule has 0 heterocycles. The third-order valence-corrected chi connectivity index (χ3v) is 6.97. The Labute approximate surface area is 164 Å². The van der Waals surface area contributed by atoms with Crippen LogP contribution in [0.5, 0.6) is 0 Å². The molecule has 1 aliphatic rings. The average Bonchev–Trinajstić information content (AvgIpc) is 2.61. The Bertz CT molecular complexity index is 688. The van der Waals surface area contributed by atoms with Gasteiger partial charge in [0.1, 0.15) is 0 Å². The SMILES string of the molecule is COC[C@H](C)NC(=O)CN(C1CCCCC1)S(=O)(=O)c1ccc(Br)cc1. The molecule has 0 unspecified atom stereocenters. The summed E-state index contributed by atoms with van der Waals surface area (Å²) >= 11 is 3.32. The highest BCUT2D eigenvalue weighted by Gasteiger charge is 2.34. The van der Waals surface area contributed by atoms with Gasteiger partial charge in [0.2, 0.25) is 15.9 Å². The molecule has 6 nitrogen and oxygen atoms in total. The van der Waals surface area contributed by atoms with E-state index in [0.717, 1.165) is 36.6 Å². The van der Waals surface area contributed by atoms with Gasteiger partial charge in [0, 0.05) is 23.7 Å². The van der Waals surface area contributed by atoms with Crippen molar-refractivity contribution in [2.24, 2.45) is 0 Å². The molecule has 1 amide bonds. The number of benzene rings is 1. The molecule has 0 aromatic heterocycles. The van der Waals surface area contributed by atoms with Gasteiger partial charge in [-0.25, -0.2) is 8.42 Å². The van der Waals surface area contributed by atoms with E-state index in [1.165, 1.54) is 4.31 Å². The standard InChI is InChI=1S/C18H27BrN2O4S/c1-14(13-25-2)20-18(22)12-21(16-6-4-3-5-7-16)26(23,24)17-10-8-15(19)9-11-17/h8-11,14,16H,3-7,12-13H2,1-2H3,(H,20,22)/t14-/m0/s1. The molecule has 1 saturated carbocycles. The summed E-state index contributed by atoms with van der Waals surface area (Å²) in [5.74, 6) is -0.305. The zero-order valence-corrected chi connectivity index (χ0v) is 17.7. The van der Waals surface area contributed by atoms with Crippen LogP contribution in [-0.4, -0.2) is 51.0 Å². The van der Waals surface area contributed by atoms with Crippen LogP contribution in [0.4, 0.5) is 0 Å². The summed E-state index contributed by atoms with van der Waals surface area (Å²) in [5.41, 5.74) is 0. The zero-order valence-electron chi connectivity index (χ0n) is 15.3. The lowest BCUT2D eigenvalue weighted by atomic mass is 9.95. The summed E-state index contributed by atoms with van der Waals surface area (Å²) in [6.45, 7) is 2.04. The summed E-state index contributed by atoms with van der Waals surface area (Å²) in [4.78, 5) is 12.6. The van der Waals surface area contributed by atoms with Crippen molar-refractivity contribution < 1.29 is 17.9 Å². The van der Waals surface area contributed by atoms with Crippen LogP contribution in [0.2, 0.25) is 0 Å². The molecule has 2 rings (SSSR count). The van der Waals surface area contributed by atoms with Gasteiger partial charge in [-0.15, -0.1) is 0 Å². The zero-order chi connectivity index (χ0) is 19.2. The fraction of sp³-hybridized carbons (Fsp3) is 0.611. The van der Waals surface area contributed by atoms with Crippen LogP contribution in [0.3, 0.4) is 0 Å². The number of hydrogen-bond donors (Lipinski definition) is 1. The van der Waals surface area contributed by atoms with Gasteiger partial charge < -0.3 is 10.1 Å². The number of methoxy groups -OCH3 is 1. The smallest absolute Gasteiger partial charge is 0.243 e. The first-order valence-electron chi connectivity index (χ1n) is 8.90. The third kappa shape index (κ3) is 5.77. The van der Waals surface area contributed by atoms with Gasteiger partial charge in [-0.05, 0) is 44.0 Å². The lowest BCUT2D eigenvalue weighted by Gasteiger charge is -2.33. The summed E-state index contributed by atoms with van der Waals surface area (Å²) in [5, 5.41) is 2.81. The lowest BCUT2D eigenvalue weighted by Crippen LogP contribution is -2.49. The highest BCUT2D eigenvalue weighted by Crippen LogP contribution is 2.28. The van der Waals surface area contributed by atoms with E-state index in [1.807, 2.05) is 6.92 Å². The van der Waals surface area contributed by atoms with Gasteiger partial charge in [-0.3, -0.25) is 4.79 Å². The second-order valence-electron chi connectivity index (χ2n) is 6.72. The Morgan fingerprint density at radius 1 is 1.27 bits per heavy atom. The van der Waals surface area contributed by atoms with Crippen molar-refractivity contribution in [3.8, 4) is 0 Å². The van der Waals surface area contributed by atoms with E-state index in [2.05, 4.69) is 21.2 Å². The van der Waals surface area contributed by atoms with Crippen molar-refractivity contribution in [1.29, 1.82) is 0 Å². The Hall–Kier alpha value is -0.960. The van der Waals surface area contributed by atoms with E-state index in [1.54, 1.807) is 31.4 Å². The summed E-state index contributed by atoms with van der Waals surface area (Å²) in [6.07, 6.45) is 4.66. The van der Waals surface area contributed by atoms with Crippen molar-refractivity contribution in [3.63, 3.8) is 0 Å². The molecular formula is C18H27BrN2O4S. The Balaban J connectivity index is 2.22. The molecule has 0 saturated heterocycles. The first kappa shape index (κ1) is 21.3. The van der Waals surface area contributed by atoms with Crippen LogP contribution in [0, 0.1) is 0 Å². The lowest BCUT2D eigenvalue weighted by molar-refractivity contribution is -0.122. The van der Waals surface area contributed by atoms with Gasteiger partial charge in [0.05, 0.1) is 18.0 Å². The predicted octanol–water partition coefficient (Wildman–Crippen LogP) is 2.92. The van der Waals surface area contributed by atoms with Gasteiger partial charge in [0.15, 0.2) is 0 Å². The van der Waals surface area contributed by atoms with Gasteiger partial charge >= 0.3 is 0 Å². The number of ether oxygens (including phenoxy) is 1. The maximum absolute atomic E-state index is 13.2. The number of nitrogens with zero attached hydrogens (tertiary/aromatic N) is 1. The molecule has 1 aliphatic carbocycles. The number of amides is 1. The number of nitrogens with one attached hydrogen (secondary N) is 1. The molecule has 1 aromatic carbocycles. The molecular weight excluding hydrogens is 420 g/mol. The van der Waals surface area contributed by atoms with Crippen LogP contribution in [-0.2, 0) is 19.6 Å². The number of carbonyl (C=O) groups excluding carboxylic acids is 1. The van der Waals surface area contributed by atoms with Gasteiger partial charge in [-0.2, -0.15) is 4.31 Å². The van der Waals surface area contributed by atoms with E-state index < -0.39 is 10.0 Å². The number of hydrogen-bond acceptors (Lipinski definition) is 4. The van der Waals surface area contributed by atoms with Crippen LogP contribution >= 0.6 is 15.9 Å². The third-order valence-electron chi connectivity index (χ3n) is 4.53. The van der Waals surface area contributed by atoms with Crippen LogP contribution in [0.25, 0.3) is 0 Å². The summed E-state index contributed by atoms with van der Waals surface area (Å²) in [6, 6.07) is 6.23. The van der Waals surface area contributed by atoms with Crippen LogP contribution in [0.15, 0.2) is 33.6 Å². The summed E-state index contributed by atoms with van der Waals surface area (Å²) < 4.78 is 33.6. The maximum atomic E-state index is 13.2. The van der Waals surface area contributed by atoms with Crippen molar-refractivity contribution in [2.45, 2.75) is 56.0 Å². The molecule has 1 N–H and O–H groups in total.